The van der Waals surface area contributed by atoms with Crippen LogP contribution < -0.4 is 5.73 Å². The molecule has 1 aromatic heterocycles. The molecule has 0 unspecified atom stereocenters. The van der Waals surface area contributed by atoms with Gasteiger partial charge in [-0.05, 0) is 43.2 Å². The predicted molar refractivity (Wildman–Crippen MR) is 61.3 cm³/mol. The van der Waals surface area contributed by atoms with Crippen LogP contribution >= 0.6 is 0 Å². The van der Waals surface area contributed by atoms with Gasteiger partial charge in [-0.3, -0.25) is 0 Å². The van der Waals surface area contributed by atoms with Gasteiger partial charge in [0.15, 0.2) is 0 Å². The Bertz CT molecular complexity index is 538. The summed E-state index contributed by atoms with van der Waals surface area (Å²) in [6.07, 6.45) is 1.59. The Morgan fingerprint density at radius 1 is 1.19 bits per heavy atom. The second-order valence-corrected chi connectivity index (χ2v) is 3.72. The van der Waals surface area contributed by atoms with Crippen LogP contribution in [0, 0.1) is 19.7 Å². The van der Waals surface area contributed by atoms with E-state index in [1.54, 1.807) is 25.3 Å². The second kappa shape index (κ2) is 3.89. The number of nitrogen functional groups attached to an aromatic ring is 1. The van der Waals surface area contributed by atoms with E-state index in [9.17, 15) is 4.39 Å². The normalized spacial score (nSPS) is 10.4. The molecule has 0 fully saturated rings. The molecule has 0 bridgehead atoms. The van der Waals surface area contributed by atoms with Gasteiger partial charge in [-0.15, -0.1) is 0 Å². The fourth-order valence-electron chi connectivity index (χ4n) is 1.58. The molecule has 0 spiro atoms. The van der Waals surface area contributed by atoms with Crippen molar-refractivity contribution < 1.29 is 4.39 Å². The van der Waals surface area contributed by atoms with Crippen LogP contribution in [0.2, 0.25) is 0 Å². The molecule has 0 radical (unpaired) electrons. The minimum atomic E-state index is -0.205. The first-order valence-electron chi connectivity index (χ1n) is 4.93. The molecule has 3 nitrogen and oxygen atoms in total. The number of benzene rings is 1. The van der Waals surface area contributed by atoms with E-state index >= 15 is 0 Å². The van der Waals surface area contributed by atoms with Gasteiger partial charge in [-0.1, -0.05) is 0 Å². The van der Waals surface area contributed by atoms with Crippen molar-refractivity contribution in [2.75, 3.05) is 5.73 Å². The molecular weight excluding hydrogens is 205 g/mol. The molecule has 16 heavy (non-hydrogen) atoms. The third kappa shape index (κ3) is 1.86. The summed E-state index contributed by atoms with van der Waals surface area (Å²) in [6, 6.07) is 5.03. The van der Waals surface area contributed by atoms with E-state index in [0.717, 1.165) is 11.1 Å². The second-order valence-electron chi connectivity index (χ2n) is 3.72. The molecule has 0 atom stereocenters. The number of aromatic nitrogens is 2. The van der Waals surface area contributed by atoms with E-state index < -0.39 is 0 Å². The molecule has 4 heteroatoms. The lowest BCUT2D eigenvalue weighted by molar-refractivity contribution is 0.617. The summed E-state index contributed by atoms with van der Waals surface area (Å²) >= 11 is 0. The van der Waals surface area contributed by atoms with Gasteiger partial charge >= 0.3 is 0 Å². The van der Waals surface area contributed by atoms with E-state index in [0.29, 0.717) is 11.3 Å². The number of rotatable bonds is 1. The number of hydrogen-bond acceptors (Lipinski definition) is 3. The van der Waals surface area contributed by atoms with E-state index in [-0.39, 0.29) is 11.8 Å². The summed E-state index contributed by atoms with van der Waals surface area (Å²) in [5.74, 6) is 0.0159. The molecule has 1 heterocycles. The van der Waals surface area contributed by atoms with Crippen molar-refractivity contribution in [2.45, 2.75) is 13.8 Å². The van der Waals surface area contributed by atoms with Crippen LogP contribution in [-0.4, -0.2) is 9.97 Å². The topological polar surface area (TPSA) is 51.8 Å². The van der Waals surface area contributed by atoms with Crippen LogP contribution in [0.1, 0.15) is 11.1 Å². The number of nitrogens with two attached hydrogens (primary N) is 1. The molecule has 1 aromatic carbocycles. The zero-order valence-electron chi connectivity index (χ0n) is 9.16. The molecular formula is C12H12FN3. The van der Waals surface area contributed by atoms with Crippen molar-refractivity contribution in [2.24, 2.45) is 0 Å². The Morgan fingerprint density at radius 3 is 2.62 bits per heavy atom. The number of nitrogens with zero attached hydrogens (tertiary/aromatic N) is 2. The fourth-order valence-corrected chi connectivity index (χ4v) is 1.58. The van der Waals surface area contributed by atoms with Crippen LogP contribution in [0.15, 0.2) is 24.4 Å². The molecule has 2 rings (SSSR count). The molecule has 2 aromatic rings. The Morgan fingerprint density at radius 2 is 1.94 bits per heavy atom. The average Bonchev–Trinajstić information content (AvgIpc) is 2.23. The maximum atomic E-state index is 13.3. The molecule has 0 aliphatic carbocycles. The van der Waals surface area contributed by atoms with Crippen LogP contribution in [0.4, 0.5) is 10.3 Å². The first-order chi connectivity index (χ1) is 7.58. The van der Waals surface area contributed by atoms with Crippen LogP contribution in [0.5, 0.6) is 0 Å². The number of anilines is 1. The monoisotopic (exact) mass is 217 g/mol. The summed E-state index contributed by atoms with van der Waals surface area (Å²) in [5, 5.41) is 0. The largest absolute Gasteiger partial charge is 0.368 e. The van der Waals surface area contributed by atoms with Gasteiger partial charge in [-0.2, -0.15) is 0 Å². The predicted octanol–water partition coefficient (Wildman–Crippen LogP) is 2.48. The molecule has 82 valence electrons. The van der Waals surface area contributed by atoms with E-state index in [1.165, 1.54) is 6.07 Å². The maximum absolute atomic E-state index is 13.3. The first kappa shape index (κ1) is 10.5. The van der Waals surface area contributed by atoms with Crippen molar-refractivity contribution in [1.29, 1.82) is 0 Å². The first-order valence-corrected chi connectivity index (χ1v) is 4.93. The average molecular weight is 217 g/mol. The van der Waals surface area contributed by atoms with Crippen molar-refractivity contribution >= 4 is 5.95 Å². The van der Waals surface area contributed by atoms with E-state index in [4.69, 9.17) is 5.73 Å². The maximum Gasteiger partial charge on any atom is 0.220 e. The highest BCUT2D eigenvalue weighted by molar-refractivity contribution is 5.64. The van der Waals surface area contributed by atoms with Crippen LogP contribution in [0.25, 0.3) is 11.3 Å². The van der Waals surface area contributed by atoms with Gasteiger partial charge in [0.05, 0.1) is 5.69 Å². The van der Waals surface area contributed by atoms with E-state index in [1.807, 2.05) is 6.92 Å². The summed E-state index contributed by atoms with van der Waals surface area (Å²) < 4.78 is 13.3. The zero-order chi connectivity index (χ0) is 11.7. The van der Waals surface area contributed by atoms with Gasteiger partial charge in [0.2, 0.25) is 5.95 Å². The van der Waals surface area contributed by atoms with Gasteiger partial charge in [0, 0.05) is 11.8 Å². The summed E-state index contributed by atoms with van der Waals surface area (Å²) in [7, 11) is 0. The van der Waals surface area contributed by atoms with Gasteiger partial charge < -0.3 is 5.73 Å². The van der Waals surface area contributed by atoms with Gasteiger partial charge in [0.25, 0.3) is 0 Å². The lowest BCUT2D eigenvalue weighted by Crippen LogP contribution is -1.97. The standard InChI is InChI=1S/C12H12FN3/c1-7-6-10(13)8(2)5-9(7)11-3-4-15-12(14)16-11/h3-6H,1-2H3,(H2,14,15,16). The van der Waals surface area contributed by atoms with Crippen LogP contribution in [-0.2, 0) is 0 Å². The van der Waals surface area contributed by atoms with Gasteiger partial charge in [0.1, 0.15) is 5.82 Å². The van der Waals surface area contributed by atoms with Crippen LogP contribution in [0.3, 0.4) is 0 Å². The number of hydrogen-bond donors (Lipinski definition) is 1. The Hall–Kier alpha value is -1.97. The minimum Gasteiger partial charge on any atom is -0.368 e. The molecule has 2 N–H and O–H groups in total. The van der Waals surface area contributed by atoms with Crippen molar-refractivity contribution in [3.8, 4) is 11.3 Å². The lowest BCUT2D eigenvalue weighted by atomic mass is 10.0. The summed E-state index contributed by atoms with van der Waals surface area (Å²) in [6.45, 7) is 3.57. The molecule has 0 aliphatic heterocycles. The lowest BCUT2D eigenvalue weighted by Gasteiger charge is -2.07. The van der Waals surface area contributed by atoms with E-state index in [2.05, 4.69) is 9.97 Å². The number of halogens is 1. The van der Waals surface area contributed by atoms with Gasteiger partial charge in [-0.25, -0.2) is 14.4 Å². The number of aryl methyl sites for hydroxylation is 2. The minimum absolute atomic E-state index is 0.205. The quantitative estimate of drug-likeness (QED) is 0.798. The zero-order valence-corrected chi connectivity index (χ0v) is 9.16. The Kier molecular flexibility index (Phi) is 2.56. The summed E-state index contributed by atoms with van der Waals surface area (Å²) in [5.41, 5.74) is 8.55. The highest BCUT2D eigenvalue weighted by Crippen LogP contribution is 2.24. The fraction of sp³-hybridized carbons (Fsp3) is 0.167. The smallest absolute Gasteiger partial charge is 0.220 e. The van der Waals surface area contributed by atoms with Crippen molar-refractivity contribution in [3.63, 3.8) is 0 Å². The van der Waals surface area contributed by atoms with Crippen molar-refractivity contribution in [3.05, 3.63) is 41.3 Å². The Balaban J connectivity index is 2.60. The molecule has 0 amide bonds. The molecule has 0 saturated carbocycles. The third-order valence-corrected chi connectivity index (χ3v) is 2.46. The summed E-state index contributed by atoms with van der Waals surface area (Å²) in [4.78, 5) is 7.95. The van der Waals surface area contributed by atoms with Crippen molar-refractivity contribution in [1.82, 2.24) is 9.97 Å². The Labute approximate surface area is 93.2 Å². The third-order valence-electron chi connectivity index (χ3n) is 2.46. The molecule has 0 aliphatic rings. The molecule has 0 saturated heterocycles. The highest BCUT2D eigenvalue weighted by atomic mass is 19.1. The highest BCUT2D eigenvalue weighted by Gasteiger charge is 2.07. The SMILES string of the molecule is Cc1cc(-c2ccnc(N)n2)c(C)cc1F.